The zero-order valence-electron chi connectivity index (χ0n) is 12.8. The van der Waals surface area contributed by atoms with Crippen LogP contribution in [0.25, 0.3) is 38.5 Å². The predicted octanol–water partition coefficient (Wildman–Crippen LogP) is 5.99. The first-order valence-corrected chi connectivity index (χ1v) is 8.24. The second-order valence-electron chi connectivity index (χ2n) is 5.88. The average molecular weight is 329 g/mol. The molecule has 0 aliphatic heterocycles. The summed E-state index contributed by atoms with van der Waals surface area (Å²) in [5.41, 5.74) is 4.14. The molecule has 3 aromatic carbocycles. The monoisotopic (exact) mass is 328 g/mol. The van der Waals surface area contributed by atoms with E-state index >= 15 is 0 Å². The standard InChI is InChI=1S/C21H13ClN2/c22-15-11-10-14-12-18-17-8-4-5-9-20(17)24(16-6-2-1-3-7-16)21(18)23-19(14)13-15/h1-13H. The molecule has 0 spiro atoms. The van der Waals surface area contributed by atoms with Crippen LogP contribution in [0.5, 0.6) is 0 Å². The Morgan fingerprint density at radius 2 is 1.54 bits per heavy atom. The molecule has 0 amide bonds. The molecule has 0 unspecified atom stereocenters. The van der Waals surface area contributed by atoms with Crippen molar-refractivity contribution in [1.29, 1.82) is 0 Å². The number of benzene rings is 3. The molecule has 0 saturated heterocycles. The molecule has 5 rings (SSSR count). The first kappa shape index (κ1) is 13.6. The molecule has 0 N–H and O–H groups in total. The van der Waals surface area contributed by atoms with E-state index in [9.17, 15) is 0 Å². The Kier molecular flexibility index (Phi) is 2.88. The molecule has 24 heavy (non-hydrogen) atoms. The normalized spacial score (nSPS) is 11.5. The van der Waals surface area contributed by atoms with Crippen molar-refractivity contribution in [3.8, 4) is 5.69 Å². The molecular formula is C21H13ClN2. The lowest BCUT2D eigenvalue weighted by Crippen LogP contribution is -1.95. The molecule has 2 nitrogen and oxygen atoms in total. The van der Waals surface area contributed by atoms with E-state index in [0.29, 0.717) is 5.02 Å². The average Bonchev–Trinajstić information content (AvgIpc) is 2.94. The summed E-state index contributed by atoms with van der Waals surface area (Å²) in [5.74, 6) is 0. The van der Waals surface area contributed by atoms with Gasteiger partial charge in [0.2, 0.25) is 0 Å². The minimum Gasteiger partial charge on any atom is -0.294 e. The zero-order chi connectivity index (χ0) is 16.1. The van der Waals surface area contributed by atoms with Crippen LogP contribution < -0.4 is 0 Å². The fourth-order valence-electron chi connectivity index (χ4n) is 3.35. The Morgan fingerprint density at radius 1 is 0.750 bits per heavy atom. The molecular weight excluding hydrogens is 316 g/mol. The van der Waals surface area contributed by atoms with E-state index in [1.165, 1.54) is 5.39 Å². The van der Waals surface area contributed by atoms with Gasteiger partial charge in [0.05, 0.1) is 11.0 Å². The van der Waals surface area contributed by atoms with Crippen molar-refractivity contribution >= 4 is 44.4 Å². The second kappa shape index (κ2) is 5.08. The summed E-state index contributed by atoms with van der Waals surface area (Å²) in [4.78, 5) is 4.93. The first-order chi connectivity index (χ1) is 11.8. The molecule has 2 aromatic heterocycles. The smallest absolute Gasteiger partial charge is 0.146 e. The summed E-state index contributed by atoms with van der Waals surface area (Å²) in [5, 5.41) is 4.17. The van der Waals surface area contributed by atoms with Crippen LogP contribution in [0.4, 0.5) is 0 Å². The molecule has 0 bridgehead atoms. The maximum absolute atomic E-state index is 6.16. The van der Waals surface area contributed by atoms with Gasteiger partial charge >= 0.3 is 0 Å². The number of nitrogens with zero attached hydrogens (tertiary/aromatic N) is 2. The summed E-state index contributed by atoms with van der Waals surface area (Å²) in [6.07, 6.45) is 0. The van der Waals surface area contributed by atoms with E-state index in [1.807, 2.05) is 36.4 Å². The first-order valence-electron chi connectivity index (χ1n) is 7.86. The number of halogens is 1. The molecule has 0 aliphatic carbocycles. The van der Waals surface area contributed by atoms with Crippen molar-refractivity contribution < 1.29 is 0 Å². The van der Waals surface area contributed by atoms with Gasteiger partial charge in [-0.25, -0.2) is 4.98 Å². The lowest BCUT2D eigenvalue weighted by atomic mass is 10.1. The third-order valence-electron chi connectivity index (χ3n) is 4.42. The number of hydrogen-bond donors (Lipinski definition) is 0. The Morgan fingerprint density at radius 3 is 2.42 bits per heavy atom. The highest BCUT2D eigenvalue weighted by Crippen LogP contribution is 2.33. The van der Waals surface area contributed by atoms with Gasteiger partial charge in [0.25, 0.3) is 0 Å². The van der Waals surface area contributed by atoms with Crippen LogP contribution in [0.15, 0.2) is 78.9 Å². The number of para-hydroxylation sites is 2. The highest BCUT2D eigenvalue weighted by atomic mass is 35.5. The quantitative estimate of drug-likeness (QED) is 0.370. The van der Waals surface area contributed by atoms with Gasteiger partial charge in [-0.2, -0.15) is 0 Å². The number of hydrogen-bond acceptors (Lipinski definition) is 1. The van der Waals surface area contributed by atoms with E-state index < -0.39 is 0 Å². The lowest BCUT2D eigenvalue weighted by molar-refractivity contribution is 1.15. The van der Waals surface area contributed by atoms with Gasteiger partial charge in [0.1, 0.15) is 5.65 Å². The van der Waals surface area contributed by atoms with Gasteiger partial charge in [0, 0.05) is 26.9 Å². The van der Waals surface area contributed by atoms with E-state index in [2.05, 4.69) is 47.0 Å². The largest absolute Gasteiger partial charge is 0.294 e. The molecule has 0 radical (unpaired) electrons. The SMILES string of the molecule is Clc1ccc2cc3c4ccccc4n(-c4ccccc4)c3nc2c1. The van der Waals surface area contributed by atoms with E-state index in [0.717, 1.165) is 33.1 Å². The summed E-state index contributed by atoms with van der Waals surface area (Å²) in [6, 6.07) is 26.8. The van der Waals surface area contributed by atoms with Gasteiger partial charge < -0.3 is 0 Å². The molecule has 5 aromatic rings. The van der Waals surface area contributed by atoms with Crippen LogP contribution in [-0.2, 0) is 0 Å². The van der Waals surface area contributed by atoms with Crippen LogP contribution >= 0.6 is 11.6 Å². The Bertz CT molecular complexity index is 1210. The highest BCUT2D eigenvalue weighted by molar-refractivity contribution is 6.31. The summed E-state index contributed by atoms with van der Waals surface area (Å²) in [7, 11) is 0. The minimum absolute atomic E-state index is 0.705. The molecule has 3 heteroatoms. The van der Waals surface area contributed by atoms with Crippen LogP contribution in [0.3, 0.4) is 0 Å². The van der Waals surface area contributed by atoms with Gasteiger partial charge in [0.15, 0.2) is 0 Å². The van der Waals surface area contributed by atoms with Crippen LogP contribution in [-0.4, -0.2) is 9.55 Å². The van der Waals surface area contributed by atoms with Gasteiger partial charge in [-0.15, -0.1) is 0 Å². The fraction of sp³-hybridized carbons (Fsp3) is 0. The van der Waals surface area contributed by atoms with Crippen molar-refractivity contribution in [2.75, 3.05) is 0 Å². The van der Waals surface area contributed by atoms with E-state index in [4.69, 9.17) is 16.6 Å². The van der Waals surface area contributed by atoms with E-state index in [-0.39, 0.29) is 0 Å². The summed E-state index contributed by atoms with van der Waals surface area (Å²) < 4.78 is 2.21. The summed E-state index contributed by atoms with van der Waals surface area (Å²) >= 11 is 6.16. The summed E-state index contributed by atoms with van der Waals surface area (Å²) in [6.45, 7) is 0. The predicted molar refractivity (Wildman–Crippen MR) is 101 cm³/mol. The van der Waals surface area contributed by atoms with E-state index in [1.54, 1.807) is 0 Å². The van der Waals surface area contributed by atoms with Crippen molar-refractivity contribution in [2.45, 2.75) is 0 Å². The fourth-order valence-corrected chi connectivity index (χ4v) is 3.51. The zero-order valence-corrected chi connectivity index (χ0v) is 13.5. The number of aromatic nitrogens is 2. The van der Waals surface area contributed by atoms with Crippen molar-refractivity contribution in [3.63, 3.8) is 0 Å². The third-order valence-corrected chi connectivity index (χ3v) is 4.66. The second-order valence-corrected chi connectivity index (χ2v) is 6.32. The number of fused-ring (bicyclic) bond motifs is 4. The number of rotatable bonds is 1. The Balaban J connectivity index is 2.01. The van der Waals surface area contributed by atoms with Crippen LogP contribution in [0.1, 0.15) is 0 Å². The Hall–Kier alpha value is -2.84. The van der Waals surface area contributed by atoms with Gasteiger partial charge in [-0.1, -0.05) is 54.1 Å². The van der Waals surface area contributed by atoms with Gasteiger partial charge in [-0.3, -0.25) is 4.57 Å². The van der Waals surface area contributed by atoms with Crippen LogP contribution in [0, 0.1) is 0 Å². The molecule has 114 valence electrons. The molecule has 0 atom stereocenters. The van der Waals surface area contributed by atoms with Crippen molar-refractivity contribution in [2.24, 2.45) is 0 Å². The topological polar surface area (TPSA) is 17.8 Å². The van der Waals surface area contributed by atoms with Gasteiger partial charge in [-0.05, 0) is 36.4 Å². The van der Waals surface area contributed by atoms with Crippen molar-refractivity contribution in [1.82, 2.24) is 9.55 Å². The Labute approximate surface area is 143 Å². The third kappa shape index (κ3) is 1.93. The lowest BCUT2D eigenvalue weighted by Gasteiger charge is -2.07. The molecule has 0 saturated carbocycles. The maximum atomic E-state index is 6.16. The number of pyridine rings is 1. The molecule has 0 aliphatic rings. The van der Waals surface area contributed by atoms with Crippen LogP contribution in [0.2, 0.25) is 5.02 Å². The molecule has 0 fully saturated rings. The highest BCUT2D eigenvalue weighted by Gasteiger charge is 2.14. The van der Waals surface area contributed by atoms with Crippen molar-refractivity contribution in [3.05, 3.63) is 83.9 Å². The molecule has 2 heterocycles. The minimum atomic E-state index is 0.705. The maximum Gasteiger partial charge on any atom is 0.146 e.